The monoisotopic (exact) mass is 356 g/mol. The molecule has 0 N–H and O–H groups in total. The Labute approximate surface area is 151 Å². The van der Waals surface area contributed by atoms with E-state index in [0.29, 0.717) is 31.7 Å². The summed E-state index contributed by atoms with van der Waals surface area (Å²) in [6, 6.07) is 15.6. The minimum absolute atomic E-state index is 0.0189. The van der Waals surface area contributed by atoms with Crippen LogP contribution >= 0.6 is 0 Å². The van der Waals surface area contributed by atoms with Gasteiger partial charge in [0.2, 0.25) is 0 Å². The van der Waals surface area contributed by atoms with Crippen molar-refractivity contribution in [3.8, 4) is 5.75 Å². The predicted molar refractivity (Wildman–Crippen MR) is 94.9 cm³/mol. The van der Waals surface area contributed by atoms with Crippen LogP contribution in [0, 0.1) is 10.1 Å². The van der Waals surface area contributed by atoms with E-state index in [-0.39, 0.29) is 24.5 Å². The molecule has 136 valence electrons. The minimum atomic E-state index is -0.441. The van der Waals surface area contributed by atoms with Gasteiger partial charge in [0.15, 0.2) is 0 Å². The van der Waals surface area contributed by atoms with Gasteiger partial charge in [0.25, 0.3) is 5.69 Å². The number of carbonyl (C=O) groups excluding carboxylic acids is 1. The fraction of sp³-hybridized carbons (Fsp3) is 0.316. The van der Waals surface area contributed by atoms with Crippen LogP contribution in [0.1, 0.15) is 18.4 Å². The Morgan fingerprint density at radius 2 is 1.73 bits per heavy atom. The molecule has 1 saturated heterocycles. The number of nitro groups is 1. The van der Waals surface area contributed by atoms with Crippen molar-refractivity contribution in [2.75, 3.05) is 13.1 Å². The highest BCUT2D eigenvalue weighted by Crippen LogP contribution is 2.22. The summed E-state index contributed by atoms with van der Waals surface area (Å²) < 4.78 is 11.2. The van der Waals surface area contributed by atoms with Crippen LogP contribution in [0.15, 0.2) is 54.6 Å². The van der Waals surface area contributed by atoms with Crippen molar-refractivity contribution in [2.24, 2.45) is 0 Å². The first-order valence-corrected chi connectivity index (χ1v) is 8.48. The van der Waals surface area contributed by atoms with Gasteiger partial charge in [-0.25, -0.2) is 4.79 Å². The second-order valence-corrected chi connectivity index (χ2v) is 6.10. The van der Waals surface area contributed by atoms with Crippen LogP contribution < -0.4 is 4.74 Å². The van der Waals surface area contributed by atoms with Gasteiger partial charge in [0, 0.05) is 38.1 Å². The molecule has 0 unspecified atom stereocenters. The number of nitro benzene ring substituents is 1. The summed E-state index contributed by atoms with van der Waals surface area (Å²) >= 11 is 0. The fourth-order valence-electron chi connectivity index (χ4n) is 2.81. The van der Waals surface area contributed by atoms with Gasteiger partial charge >= 0.3 is 6.09 Å². The third kappa shape index (κ3) is 4.72. The molecular weight excluding hydrogens is 336 g/mol. The van der Waals surface area contributed by atoms with Gasteiger partial charge in [-0.1, -0.05) is 30.3 Å². The molecule has 0 atom stereocenters. The summed E-state index contributed by atoms with van der Waals surface area (Å²) in [6.45, 7) is 1.38. The second kappa shape index (κ2) is 8.33. The zero-order valence-electron chi connectivity index (χ0n) is 14.2. The molecule has 1 heterocycles. The molecule has 2 aromatic carbocycles. The van der Waals surface area contributed by atoms with Crippen molar-refractivity contribution in [2.45, 2.75) is 25.6 Å². The molecule has 1 amide bonds. The summed E-state index contributed by atoms with van der Waals surface area (Å²) in [5.41, 5.74) is 0.991. The largest absolute Gasteiger partial charge is 0.490 e. The third-order valence-electron chi connectivity index (χ3n) is 4.26. The zero-order valence-corrected chi connectivity index (χ0v) is 14.2. The standard InChI is InChI=1S/C19H20N2O5/c22-19(25-14-15-4-2-1-3-5-15)20-12-10-18(11-13-20)26-17-8-6-16(7-9-17)21(23)24/h1-9,18H,10-14H2. The van der Waals surface area contributed by atoms with Gasteiger partial charge in [-0.15, -0.1) is 0 Å². The molecule has 2 aromatic rings. The van der Waals surface area contributed by atoms with Gasteiger partial charge < -0.3 is 14.4 Å². The Morgan fingerprint density at radius 3 is 2.35 bits per heavy atom. The molecule has 1 aliphatic rings. The van der Waals surface area contributed by atoms with E-state index >= 15 is 0 Å². The molecule has 1 fully saturated rings. The summed E-state index contributed by atoms with van der Waals surface area (Å²) in [4.78, 5) is 24.0. The fourth-order valence-corrected chi connectivity index (χ4v) is 2.81. The highest BCUT2D eigenvalue weighted by Gasteiger charge is 2.25. The van der Waals surface area contributed by atoms with Crippen molar-refractivity contribution < 1.29 is 19.2 Å². The van der Waals surface area contributed by atoms with E-state index in [9.17, 15) is 14.9 Å². The second-order valence-electron chi connectivity index (χ2n) is 6.10. The van der Waals surface area contributed by atoms with Crippen molar-refractivity contribution in [3.05, 3.63) is 70.3 Å². The quantitative estimate of drug-likeness (QED) is 0.601. The first-order chi connectivity index (χ1) is 12.6. The van der Waals surface area contributed by atoms with Gasteiger partial charge in [-0.2, -0.15) is 0 Å². The van der Waals surface area contributed by atoms with Crippen molar-refractivity contribution in [1.82, 2.24) is 4.90 Å². The molecular formula is C19H20N2O5. The molecule has 3 rings (SSSR count). The van der Waals surface area contributed by atoms with E-state index < -0.39 is 4.92 Å². The number of benzene rings is 2. The highest BCUT2D eigenvalue weighted by molar-refractivity contribution is 5.67. The average Bonchev–Trinajstić information content (AvgIpc) is 2.68. The van der Waals surface area contributed by atoms with Gasteiger partial charge in [0.05, 0.1) is 4.92 Å². The number of non-ortho nitro benzene ring substituents is 1. The molecule has 7 heteroatoms. The van der Waals surface area contributed by atoms with E-state index in [2.05, 4.69) is 0 Å². The van der Waals surface area contributed by atoms with Gasteiger partial charge in [0.1, 0.15) is 18.5 Å². The number of nitrogens with zero attached hydrogens (tertiary/aromatic N) is 2. The number of hydrogen-bond donors (Lipinski definition) is 0. The van der Waals surface area contributed by atoms with Gasteiger partial charge in [-0.05, 0) is 17.7 Å². The van der Waals surface area contributed by atoms with Crippen molar-refractivity contribution in [1.29, 1.82) is 0 Å². The molecule has 0 aromatic heterocycles. The molecule has 1 aliphatic heterocycles. The molecule has 0 radical (unpaired) electrons. The lowest BCUT2D eigenvalue weighted by Gasteiger charge is -2.31. The highest BCUT2D eigenvalue weighted by atomic mass is 16.6. The lowest BCUT2D eigenvalue weighted by Crippen LogP contribution is -2.42. The number of ether oxygens (including phenoxy) is 2. The molecule has 0 aliphatic carbocycles. The lowest BCUT2D eigenvalue weighted by molar-refractivity contribution is -0.384. The van der Waals surface area contributed by atoms with Crippen LogP contribution in [-0.4, -0.2) is 35.1 Å². The molecule has 0 saturated carbocycles. The van der Waals surface area contributed by atoms with Crippen LogP contribution in [0.25, 0.3) is 0 Å². The van der Waals surface area contributed by atoms with Crippen LogP contribution in [0.5, 0.6) is 5.75 Å². The summed E-state index contributed by atoms with van der Waals surface area (Å²) in [5, 5.41) is 10.7. The molecule has 0 bridgehead atoms. The lowest BCUT2D eigenvalue weighted by atomic mass is 10.1. The first kappa shape index (κ1) is 17.7. The van der Waals surface area contributed by atoms with E-state index in [0.717, 1.165) is 5.56 Å². The maximum absolute atomic E-state index is 12.1. The summed E-state index contributed by atoms with van der Waals surface area (Å²) in [5.74, 6) is 0.598. The van der Waals surface area contributed by atoms with Crippen LogP contribution in [0.4, 0.5) is 10.5 Å². The topological polar surface area (TPSA) is 81.9 Å². The van der Waals surface area contributed by atoms with E-state index in [1.54, 1.807) is 17.0 Å². The Bertz CT molecular complexity index is 740. The maximum Gasteiger partial charge on any atom is 0.410 e. The summed E-state index contributed by atoms with van der Waals surface area (Å²) in [7, 11) is 0. The third-order valence-corrected chi connectivity index (χ3v) is 4.26. The number of likely N-dealkylation sites (tertiary alicyclic amines) is 1. The van der Waals surface area contributed by atoms with E-state index in [4.69, 9.17) is 9.47 Å². The Hall–Kier alpha value is -3.09. The van der Waals surface area contributed by atoms with E-state index in [1.807, 2.05) is 30.3 Å². The SMILES string of the molecule is O=C(OCc1ccccc1)N1CCC(Oc2ccc([N+](=O)[O-])cc2)CC1. The zero-order chi connectivity index (χ0) is 18.4. The maximum atomic E-state index is 12.1. The Balaban J connectivity index is 1.43. The van der Waals surface area contributed by atoms with Crippen molar-refractivity contribution in [3.63, 3.8) is 0 Å². The van der Waals surface area contributed by atoms with Crippen LogP contribution in [0.3, 0.4) is 0 Å². The van der Waals surface area contributed by atoms with Crippen molar-refractivity contribution >= 4 is 11.8 Å². The minimum Gasteiger partial charge on any atom is -0.490 e. The average molecular weight is 356 g/mol. The van der Waals surface area contributed by atoms with Crippen LogP contribution in [-0.2, 0) is 11.3 Å². The molecule has 0 spiro atoms. The molecule has 26 heavy (non-hydrogen) atoms. The number of carbonyl (C=O) groups is 1. The summed E-state index contributed by atoms with van der Waals surface area (Å²) in [6.07, 6.45) is 1.05. The normalized spacial score (nSPS) is 14.7. The Kier molecular flexibility index (Phi) is 5.68. The van der Waals surface area contributed by atoms with Gasteiger partial charge in [-0.3, -0.25) is 10.1 Å². The predicted octanol–water partition coefficient (Wildman–Crippen LogP) is 3.77. The van der Waals surface area contributed by atoms with E-state index in [1.165, 1.54) is 12.1 Å². The number of piperidine rings is 1. The van der Waals surface area contributed by atoms with Crippen LogP contribution in [0.2, 0.25) is 0 Å². The number of amides is 1. The Morgan fingerprint density at radius 1 is 1.08 bits per heavy atom. The molecule has 7 nitrogen and oxygen atoms in total. The smallest absolute Gasteiger partial charge is 0.410 e. The number of hydrogen-bond acceptors (Lipinski definition) is 5. The first-order valence-electron chi connectivity index (χ1n) is 8.48. The number of rotatable bonds is 5.